The van der Waals surface area contributed by atoms with Crippen molar-refractivity contribution in [1.82, 2.24) is 0 Å². The Balaban J connectivity index is 1.65. The predicted molar refractivity (Wildman–Crippen MR) is 140 cm³/mol. The molecule has 174 valence electrons. The van der Waals surface area contributed by atoms with E-state index in [1.807, 2.05) is 72.5 Å². The number of hydrogen-bond donors (Lipinski definition) is 1. The second kappa shape index (κ2) is 7.75. The van der Waals surface area contributed by atoms with Crippen LogP contribution in [0, 0.1) is 12.8 Å². The molecule has 1 N–H and O–H groups in total. The van der Waals surface area contributed by atoms with Crippen molar-refractivity contribution in [2.75, 3.05) is 10.2 Å². The number of Topliss-reactive ketones (excluding diaryl/α,β-unsaturated/α-hetero) is 2. The average molecular weight is 527 g/mol. The van der Waals surface area contributed by atoms with Crippen LogP contribution < -0.4 is 10.2 Å². The van der Waals surface area contributed by atoms with Gasteiger partial charge in [-0.1, -0.05) is 70.0 Å². The number of nitrogens with zero attached hydrogens (tertiary/aromatic N) is 1. The van der Waals surface area contributed by atoms with E-state index in [2.05, 4.69) is 27.3 Å². The van der Waals surface area contributed by atoms with E-state index in [0.29, 0.717) is 11.3 Å². The first kappa shape index (κ1) is 22.0. The van der Waals surface area contributed by atoms with Gasteiger partial charge in [-0.3, -0.25) is 14.4 Å². The molecule has 3 heterocycles. The van der Waals surface area contributed by atoms with Crippen LogP contribution in [-0.4, -0.2) is 29.6 Å². The summed E-state index contributed by atoms with van der Waals surface area (Å²) in [6, 6.07) is 19.4. The van der Waals surface area contributed by atoms with Crippen molar-refractivity contribution >= 4 is 50.9 Å². The maximum atomic E-state index is 14.3. The van der Waals surface area contributed by atoms with Gasteiger partial charge < -0.3 is 10.2 Å². The third kappa shape index (κ3) is 2.96. The molecule has 3 aromatic rings. The molecule has 0 bridgehead atoms. The van der Waals surface area contributed by atoms with E-state index >= 15 is 0 Å². The van der Waals surface area contributed by atoms with Crippen LogP contribution in [0.2, 0.25) is 0 Å². The Morgan fingerprint density at radius 3 is 2.51 bits per heavy atom. The lowest BCUT2D eigenvalue weighted by atomic mass is 9.64. The molecule has 1 saturated heterocycles. The first-order chi connectivity index (χ1) is 16.8. The van der Waals surface area contributed by atoms with Gasteiger partial charge in [0.25, 0.3) is 0 Å². The van der Waals surface area contributed by atoms with E-state index in [0.717, 1.165) is 26.9 Å². The van der Waals surface area contributed by atoms with Crippen molar-refractivity contribution in [3.05, 3.63) is 99.5 Å². The highest BCUT2D eigenvalue weighted by Crippen LogP contribution is 2.57. The molecule has 4 atom stereocenters. The Kier molecular flexibility index (Phi) is 4.87. The summed E-state index contributed by atoms with van der Waals surface area (Å²) < 4.78 is 0.854. The monoisotopic (exact) mass is 526 g/mol. The van der Waals surface area contributed by atoms with Gasteiger partial charge in [0.15, 0.2) is 11.6 Å². The number of carbonyl (C=O) groups excluding carboxylic acids is 3. The van der Waals surface area contributed by atoms with Gasteiger partial charge >= 0.3 is 0 Å². The van der Waals surface area contributed by atoms with Gasteiger partial charge in [-0.05, 0) is 55.3 Å². The van der Waals surface area contributed by atoms with Gasteiger partial charge in [0.2, 0.25) is 5.91 Å². The van der Waals surface area contributed by atoms with Gasteiger partial charge in [-0.25, -0.2) is 0 Å². The number of fused-ring (bicyclic) bond motifs is 6. The number of nitrogens with one attached hydrogen (secondary N) is 1. The van der Waals surface area contributed by atoms with Crippen molar-refractivity contribution in [2.45, 2.75) is 31.3 Å². The number of amides is 1. The average Bonchev–Trinajstić information content (AvgIpc) is 3.32. The SMILES string of the molecule is CC(=O)C1C(C(=O)c2ccc(Br)cc2)C2(C(=O)Nc3ccccc32)C2C=Cc3cc(C)ccc3N12. The molecular formula is C29H23BrN2O3. The maximum Gasteiger partial charge on any atom is 0.238 e. The third-order valence-corrected chi connectivity index (χ3v) is 8.14. The Morgan fingerprint density at radius 1 is 1.03 bits per heavy atom. The first-order valence-electron chi connectivity index (χ1n) is 11.6. The highest BCUT2D eigenvalue weighted by atomic mass is 79.9. The Bertz CT molecular complexity index is 1440. The molecule has 3 aliphatic heterocycles. The summed E-state index contributed by atoms with van der Waals surface area (Å²) in [4.78, 5) is 43.7. The molecule has 1 spiro atoms. The molecule has 0 radical (unpaired) electrons. The number of aryl methyl sites for hydroxylation is 1. The summed E-state index contributed by atoms with van der Waals surface area (Å²) in [5, 5.41) is 3.03. The second-order valence-electron chi connectivity index (χ2n) is 9.55. The van der Waals surface area contributed by atoms with E-state index in [-0.39, 0.29) is 17.5 Å². The molecule has 3 aromatic carbocycles. The van der Waals surface area contributed by atoms with Crippen LogP contribution in [0.3, 0.4) is 0 Å². The van der Waals surface area contributed by atoms with Gasteiger partial charge in [0, 0.05) is 21.4 Å². The fraction of sp³-hybridized carbons (Fsp3) is 0.207. The fourth-order valence-corrected chi connectivity index (χ4v) is 6.51. The van der Waals surface area contributed by atoms with E-state index < -0.39 is 23.4 Å². The van der Waals surface area contributed by atoms with E-state index in [4.69, 9.17) is 0 Å². The van der Waals surface area contributed by atoms with E-state index in [9.17, 15) is 14.4 Å². The number of halogens is 1. The normalized spacial score (nSPS) is 25.7. The Hall–Kier alpha value is -3.51. The minimum Gasteiger partial charge on any atom is -0.352 e. The van der Waals surface area contributed by atoms with Crippen molar-refractivity contribution in [2.24, 2.45) is 5.92 Å². The molecule has 35 heavy (non-hydrogen) atoms. The van der Waals surface area contributed by atoms with Crippen LogP contribution in [0.25, 0.3) is 6.08 Å². The quantitative estimate of drug-likeness (QED) is 0.469. The smallest absolute Gasteiger partial charge is 0.238 e. The van der Waals surface area contributed by atoms with Crippen LogP contribution in [-0.2, 0) is 15.0 Å². The van der Waals surface area contributed by atoms with Crippen molar-refractivity contribution in [3.8, 4) is 0 Å². The van der Waals surface area contributed by atoms with E-state index in [1.54, 1.807) is 12.1 Å². The molecule has 0 aromatic heterocycles. The summed E-state index contributed by atoms with van der Waals surface area (Å²) in [7, 11) is 0. The molecule has 6 rings (SSSR count). The minimum absolute atomic E-state index is 0.138. The van der Waals surface area contributed by atoms with Crippen molar-refractivity contribution in [3.63, 3.8) is 0 Å². The number of para-hydroxylation sites is 1. The zero-order valence-electron chi connectivity index (χ0n) is 19.3. The largest absolute Gasteiger partial charge is 0.352 e. The number of ketones is 2. The lowest BCUT2D eigenvalue weighted by molar-refractivity contribution is -0.122. The lowest BCUT2D eigenvalue weighted by Gasteiger charge is -2.37. The fourth-order valence-electron chi connectivity index (χ4n) is 6.25. The zero-order valence-corrected chi connectivity index (χ0v) is 20.9. The number of anilines is 2. The van der Waals surface area contributed by atoms with Crippen LogP contribution in [0.5, 0.6) is 0 Å². The molecule has 6 heteroatoms. The molecule has 1 fully saturated rings. The van der Waals surface area contributed by atoms with Crippen molar-refractivity contribution < 1.29 is 14.4 Å². The number of benzene rings is 3. The first-order valence-corrected chi connectivity index (χ1v) is 12.4. The summed E-state index contributed by atoms with van der Waals surface area (Å²) in [5.41, 5.74) is 3.64. The summed E-state index contributed by atoms with van der Waals surface area (Å²) in [5.74, 6) is -1.48. The standard InChI is InChI=1S/C29H23BrN2O3/c1-16-7-13-23-19(15-16)10-14-24-29(21-5-3-4-6-22(21)31-28(29)35)25(26(17(2)33)32(23)24)27(34)18-8-11-20(30)12-9-18/h3-15,24-26H,1-2H3,(H,31,35). The predicted octanol–water partition coefficient (Wildman–Crippen LogP) is 5.32. The molecule has 1 amide bonds. The number of hydrogen-bond acceptors (Lipinski definition) is 4. The number of carbonyl (C=O) groups is 3. The number of rotatable bonds is 3. The van der Waals surface area contributed by atoms with Gasteiger partial charge in [-0.2, -0.15) is 0 Å². The van der Waals surface area contributed by atoms with Crippen LogP contribution in [0.1, 0.15) is 34.0 Å². The van der Waals surface area contributed by atoms with Crippen molar-refractivity contribution in [1.29, 1.82) is 0 Å². The van der Waals surface area contributed by atoms with Gasteiger partial charge in [0.05, 0.1) is 18.0 Å². The summed E-state index contributed by atoms with van der Waals surface area (Å²) in [6.07, 6.45) is 4.01. The molecular weight excluding hydrogens is 504 g/mol. The highest BCUT2D eigenvalue weighted by Gasteiger charge is 2.69. The summed E-state index contributed by atoms with van der Waals surface area (Å²) >= 11 is 3.43. The summed E-state index contributed by atoms with van der Waals surface area (Å²) in [6.45, 7) is 3.54. The maximum absolute atomic E-state index is 14.3. The minimum atomic E-state index is -1.24. The van der Waals surface area contributed by atoms with Crippen LogP contribution in [0.15, 0.2) is 77.3 Å². The highest BCUT2D eigenvalue weighted by molar-refractivity contribution is 9.10. The van der Waals surface area contributed by atoms with Gasteiger partial charge in [0.1, 0.15) is 5.41 Å². The molecule has 0 aliphatic carbocycles. The molecule has 5 nitrogen and oxygen atoms in total. The second-order valence-corrected chi connectivity index (χ2v) is 10.5. The van der Waals surface area contributed by atoms with Crippen LogP contribution in [0.4, 0.5) is 11.4 Å². The molecule has 4 unspecified atom stereocenters. The lowest BCUT2D eigenvalue weighted by Crippen LogP contribution is -2.51. The third-order valence-electron chi connectivity index (χ3n) is 7.62. The molecule has 3 aliphatic rings. The van der Waals surface area contributed by atoms with Crippen LogP contribution >= 0.6 is 15.9 Å². The molecule has 0 saturated carbocycles. The Morgan fingerprint density at radius 2 is 1.77 bits per heavy atom. The van der Waals surface area contributed by atoms with Gasteiger partial charge in [-0.15, -0.1) is 0 Å². The zero-order chi connectivity index (χ0) is 24.5. The topological polar surface area (TPSA) is 66.5 Å². The van der Waals surface area contributed by atoms with E-state index in [1.165, 1.54) is 6.92 Å². The Labute approximate surface area is 212 Å².